The highest BCUT2D eigenvalue weighted by molar-refractivity contribution is 7.20. The van der Waals surface area contributed by atoms with Crippen molar-refractivity contribution in [2.45, 2.75) is 34.2 Å². The fourth-order valence-electron chi connectivity index (χ4n) is 2.53. The van der Waals surface area contributed by atoms with Crippen molar-refractivity contribution < 1.29 is 4.79 Å². The van der Waals surface area contributed by atoms with Crippen LogP contribution in [0.1, 0.15) is 42.9 Å². The van der Waals surface area contributed by atoms with Crippen molar-refractivity contribution >= 4 is 39.9 Å². The summed E-state index contributed by atoms with van der Waals surface area (Å²) in [5, 5.41) is 4.15. The number of pyridine rings is 1. The first-order valence-electron chi connectivity index (χ1n) is 8.14. The number of hydrogen-bond acceptors (Lipinski definition) is 5. The van der Waals surface area contributed by atoms with Crippen LogP contribution in [0.25, 0.3) is 10.2 Å². The van der Waals surface area contributed by atoms with Crippen molar-refractivity contribution in [3.8, 4) is 0 Å². The number of carbonyl (C=O) groups is 1. The summed E-state index contributed by atoms with van der Waals surface area (Å²) in [4.78, 5) is 24.3. The maximum atomic E-state index is 11.5. The average Bonchev–Trinajstić information content (AvgIpc) is 2.98. The van der Waals surface area contributed by atoms with Crippen LogP contribution in [0.5, 0.6) is 0 Å². The van der Waals surface area contributed by atoms with Crippen LogP contribution in [-0.4, -0.2) is 30.7 Å². The second-order valence-electron chi connectivity index (χ2n) is 5.33. The van der Waals surface area contributed by atoms with E-state index >= 15 is 0 Å². The molecule has 2 heterocycles. The third-order valence-electron chi connectivity index (χ3n) is 3.98. The fraction of sp³-hybridized carbons (Fsp3) is 0.389. The minimum atomic E-state index is 0.456. The van der Waals surface area contributed by atoms with E-state index in [1.54, 1.807) is 6.34 Å². The van der Waals surface area contributed by atoms with Gasteiger partial charge in [-0.1, -0.05) is 6.08 Å². The Hall–Kier alpha value is -2.21. The molecule has 0 saturated carbocycles. The van der Waals surface area contributed by atoms with Gasteiger partial charge in [0.05, 0.1) is 17.8 Å². The Morgan fingerprint density at radius 1 is 1.42 bits per heavy atom. The molecule has 2 aromatic rings. The normalized spacial score (nSPS) is 12.1. The standard InChI is InChI=1S/C18H24N4OS/c1-5-13(4)21-12-19-10-14-16(11-23)24-18-17(14)15(8-9-20-18)22(6-2)7-3/h5,8-9,11-12H,6-7,10H2,1-4H3,(H,19,21)/b13-5+. The summed E-state index contributed by atoms with van der Waals surface area (Å²) >= 11 is 1.43. The smallest absolute Gasteiger partial charge is 0.160 e. The van der Waals surface area contributed by atoms with Crippen LogP contribution in [0.15, 0.2) is 29.0 Å². The number of nitrogens with one attached hydrogen (secondary N) is 1. The maximum absolute atomic E-state index is 11.5. The predicted molar refractivity (Wildman–Crippen MR) is 103 cm³/mol. The molecule has 6 heteroatoms. The van der Waals surface area contributed by atoms with Crippen LogP contribution in [0, 0.1) is 0 Å². The zero-order valence-corrected chi connectivity index (χ0v) is 15.5. The monoisotopic (exact) mass is 344 g/mol. The number of fused-ring (bicyclic) bond motifs is 1. The summed E-state index contributed by atoms with van der Waals surface area (Å²) in [7, 11) is 0. The van der Waals surface area contributed by atoms with Gasteiger partial charge in [0.2, 0.25) is 0 Å². The van der Waals surface area contributed by atoms with Gasteiger partial charge in [0.1, 0.15) is 4.83 Å². The Morgan fingerprint density at radius 3 is 2.79 bits per heavy atom. The van der Waals surface area contributed by atoms with E-state index in [0.717, 1.165) is 46.5 Å². The number of aromatic nitrogens is 1. The van der Waals surface area contributed by atoms with E-state index in [1.807, 2.05) is 32.2 Å². The SMILES string of the molecule is C/C=C(\C)NC=NCc1c(C=O)sc2nccc(N(CC)CC)c12. The molecule has 24 heavy (non-hydrogen) atoms. The van der Waals surface area contributed by atoms with Crippen molar-refractivity contribution in [1.82, 2.24) is 10.3 Å². The molecule has 2 aromatic heterocycles. The van der Waals surface area contributed by atoms with Gasteiger partial charge in [-0.25, -0.2) is 4.98 Å². The van der Waals surface area contributed by atoms with Gasteiger partial charge in [-0.15, -0.1) is 11.3 Å². The topological polar surface area (TPSA) is 57.6 Å². The third-order valence-corrected chi connectivity index (χ3v) is 5.04. The van der Waals surface area contributed by atoms with Crippen LogP contribution in [-0.2, 0) is 6.54 Å². The molecule has 0 aliphatic carbocycles. The molecule has 2 rings (SSSR count). The summed E-state index contributed by atoms with van der Waals surface area (Å²) in [5.74, 6) is 0. The molecule has 0 atom stereocenters. The molecular formula is C18H24N4OS. The number of rotatable bonds is 8. The largest absolute Gasteiger partial charge is 0.371 e. The Bertz CT molecular complexity index is 760. The average molecular weight is 344 g/mol. The molecule has 128 valence electrons. The number of allylic oxidation sites excluding steroid dienone is 2. The van der Waals surface area contributed by atoms with Gasteiger partial charge in [0.15, 0.2) is 6.29 Å². The first-order chi connectivity index (χ1) is 11.7. The van der Waals surface area contributed by atoms with Gasteiger partial charge in [-0.3, -0.25) is 9.79 Å². The lowest BCUT2D eigenvalue weighted by Gasteiger charge is -2.22. The van der Waals surface area contributed by atoms with E-state index in [0.29, 0.717) is 11.4 Å². The summed E-state index contributed by atoms with van der Waals surface area (Å²) in [6.45, 7) is 10.5. The third kappa shape index (κ3) is 3.82. The summed E-state index contributed by atoms with van der Waals surface area (Å²) in [5.41, 5.74) is 3.11. The Kier molecular flexibility index (Phi) is 6.49. The minimum Gasteiger partial charge on any atom is -0.371 e. The number of aliphatic imine (C=N–C) groups is 1. The minimum absolute atomic E-state index is 0.456. The quantitative estimate of drug-likeness (QED) is 0.447. The van der Waals surface area contributed by atoms with Crippen molar-refractivity contribution in [2.75, 3.05) is 18.0 Å². The summed E-state index contributed by atoms with van der Waals surface area (Å²) in [6, 6.07) is 2.02. The molecule has 0 amide bonds. The molecular weight excluding hydrogens is 320 g/mol. The van der Waals surface area contributed by atoms with Gasteiger partial charge >= 0.3 is 0 Å². The first-order valence-corrected chi connectivity index (χ1v) is 8.96. The summed E-state index contributed by atoms with van der Waals surface area (Å²) < 4.78 is 0. The van der Waals surface area contributed by atoms with Gasteiger partial charge in [-0.2, -0.15) is 0 Å². The van der Waals surface area contributed by atoms with E-state index in [-0.39, 0.29) is 0 Å². The number of carbonyl (C=O) groups excluding carboxylic acids is 1. The Morgan fingerprint density at radius 2 is 2.17 bits per heavy atom. The van der Waals surface area contributed by atoms with Gasteiger partial charge in [-0.05, 0) is 33.8 Å². The Balaban J connectivity index is 2.44. The zero-order chi connectivity index (χ0) is 17.5. The highest BCUT2D eigenvalue weighted by Gasteiger charge is 2.17. The molecule has 0 aliphatic heterocycles. The van der Waals surface area contributed by atoms with E-state index in [2.05, 4.69) is 34.0 Å². The molecule has 0 bridgehead atoms. The number of thiophene rings is 1. The molecule has 0 unspecified atom stereocenters. The van der Waals surface area contributed by atoms with Gasteiger partial charge in [0.25, 0.3) is 0 Å². The molecule has 1 N–H and O–H groups in total. The van der Waals surface area contributed by atoms with Gasteiger partial charge in [0, 0.05) is 41.6 Å². The number of anilines is 1. The second kappa shape index (κ2) is 8.59. The summed E-state index contributed by atoms with van der Waals surface area (Å²) in [6.07, 6.45) is 6.38. The lowest BCUT2D eigenvalue weighted by atomic mass is 10.1. The predicted octanol–water partition coefficient (Wildman–Crippen LogP) is 4.00. The molecule has 0 saturated heterocycles. The van der Waals surface area contributed by atoms with Crippen LogP contribution < -0.4 is 10.2 Å². The van der Waals surface area contributed by atoms with Crippen LogP contribution in [0.4, 0.5) is 5.69 Å². The zero-order valence-electron chi connectivity index (χ0n) is 14.7. The van der Waals surface area contributed by atoms with E-state index in [9.17, 15) is 4.79 Å². The lowest BCUT2D eigenvalue weighted by Crippen LogP contribution is -2.22. The van der Waals surface area contributed by atoms with Crippen LogP contribution >= 0.6 is 11.3 Å². The van der Waals surface area contributed by atoms with Gasteiger partial charge < -0.3 is 10.2 Å². The molecule has 0 radical (unpaired) electrons. The van der Waals surface area contributed by atoms with E-state index in [1.165, 1.54) is 11.3 Å². The molecule has 0 spiro atoms. The molecule has 5 nitrogen and oxygen atoms in total. The van der Waals surface area contributed by atoms with Crippen molar-refractivity contribution in [2.24, 2.45) is 4.99 Å². The molecule has 0 fully saturated rings. The number of nitrogens with zero attached hydrogens (tertiary/aromatic N) is 3. The highest BCUT2D eigenvalue weighted by atomic mass is 32.1. The fourth-order valence-corrected chi connectivity index (χ4v) is 3.52. The lowest BCUT2D eigenvalue weighted by molar-refractivity contribution is 0.112. The van der Waals surface area contributed by atoms with Crippen LogP contribution in [0.3, 0.4) is 0 Å². The van der Waals surface area contributed by atoms with E-state index < -0.39 is 0 Å². The number of aldehydes is 1. The molecule has 0 aliphatic rings. The van der Waals surface area contributed by atoms with Crippen LogP contribution in [0.2, 0.25) is 0 Å². The molecule has 0 aromatic carbocycles. The maximum Gasteiger partial charge on any atom is 0.160 e. The first kappa shape index (κ1) is 18.1. The van der Waals surface area contributed by atoms with E-state index in [4.69, 9.17) is 0 Å². The Labute approximate surface area is 147 Å². The highest BCUT2D eigenvalue weighted by Crippen LogP contribution is 2.36. The van der Waals surface area contributed by atoms with Crippen molar-refractivity contribution in [3.63, 3.8) is 0 Å². The van der Waals surface area contributed by atoms with Crippen molar-refractivity contribution in [1.29, 1.82) is 0 Å². The van der Waals surface area contributed by atoms with Crippen molar-refractivity contribution in [3.05, 3.63) is 34.5 Å². The second-order valence-corrected chi connectivity index (χ2v) is 6.36. The number of hydrogen-bond donors (Lipinski definition) is 1.